The number of aryl methyl sites for hydroxylation is 1. The second kappa shape index (κ2) is 8.45. The number of carbonyl (C=O) groups excluding carboxylic acids is 1. The van der Waals surface area contributed by atoms with Gasteiger partial charge in [0.2, 0.25) is 0 Å². The topological polar surface area (TPSA) is 87.0 Å². The van der Waals surface area contributed by atoms with Crippen LogP contribution in [0.5, 0.6) is 17.2 Å². The Morgan fingerprint density at radius 3 is 2.57 bits per heavy atom. The summed E-state index contributed by atoms with van der Waals surface area (Å²) in [7, 11) is 0. The molecule has 1 aromatic heterocycles. The molecular weight excluding hydrogens is 433 g/mol. The third-order valence-electron chi connectivity index (χ3n) is 4.47. The van der Waals surface area contributed by atoms with Crippen LogP contribution in [0.2, 0.25) is 10.0 Å². The fraction of sp³-hybridized carbons (Fsp3) is 0.238. The highest BCUT2D eigenvalue weighted by atomic mass is 35.5. The Morgan fingerprint density at radius 1 is 1.07 bits per heavy atom. The molecule has 0 aliphatic carbocycles. The summed E-state index contributed by atoms with van der Waals surface area (Å²) in [5, 5.41) is 3.97. The molecule has 2 aromatic carbocycles. The van der Waals surface area contributed by atoms with Gasteiger partial charge in [0.1, 0.15) is 11.3 Å². The van der Waals surface area contributed by atoms with E-state index in [0.29, 0.717) is 51.4 Å². The molecule has 3 aromatic rings. The summed E-state index contributed by atoms with van der Waals surface area (Å²) in [4.78, 5) is 24.0. The van der Waals surface area contributed by atoms with E-state index in [1.165, 1.54) is 12.1 Å². The van der Waals surface area contributed by atoms with Crippen LogP contribution in [0.25, 0.3) is 11.0 Å². The van der Waals surface area contributed by atoms with Crippen LogP contribution in [-0.2, 0) is 4.79 Å². The number of carbonyl (C=O) groups is 1. The van der Waals surface area contributed by atoms with Crippen molar-refractivity contribution in [3.05, 3.63) is 56.4 Å². The van der Waals surface area contributed by atoms with Crippen LogP contribution >= 0.6 is 23.2 Å². The number of amides is 1. The molecule has 0 bridgehead atoms. The second-order valence-electron chi connectivity index (χ2n) is 6.69. The van der Waals surface area contributed by atoms with E-state index in [9.17, 15) is 9.59 Å². The highest BCUT2D eigenvalue weighted by Gasteiger charge is 2.16. The van der Waals surface area contributed by atoms with Crippen LogP contribution in [0.1, 0.15) is 12.0 Å². The van der Waals surface area contributed by atoms with Gasteiger partial charge in [-0.3, -0.25) is 4.79 Å². The van der Waals surface area contributed by atoms with Gasteiger partial charge >= 0.3 is 5.63 Å². The first kappa shape index (κ1) is 20.4. The molecule has 0 fully saturated rings. The Kier molecular flexibility index (Phi) is 5.74. The third-order valence-corrected chi connectivity index (χ3v) is 5.08. The van der Waals surface area contributed by atoms with Gasteiger partial charge in [-0.1, -0.05) is 23.2 Å². The monoisotopic (exact) mass is 449 g/mol. The number of halogens is 2. The van der Waals surface area contributed by atoms with Crippen LogP contribution in [0.3, 0.4) is 0 Å². The highest BCUT2D eigenvalue weighted by molar-refractivity contribution is 6.34. The molecule has 2 heterocycles. The van der Waals surface area contributed by atoms with Crippen molar-refractivity contribution in [2.24, 2.45) is 0 Å². The smallest absolute Gasteiger partial charge is 0.336 e. The van der Waals surface area contributed by atoms with Crippen molar-refractivity contribution in [3.8, 4) is 17.2 Å². The molecule has 7 nitrogen and oxygen atoms in total. The van der Waals surface area contributed by atoms with E-state index >= 15 is 0 Å². The second-order valence-corrected chi connectivity index (χ2v) is 7.51. The van der Waals surface area contributed by atoms with Gasteiger partial charge in [0.05, 0.1) is 28.9 Å². The van der Waals surface area contributed by atoms with Crippen molar-refractivity contribution in [2.45, 2.75) is 13.3 Å². The molecule has 156 valence electrons. The maximum Gasteiger partial charge on any atom is 0.336 e. The van der Waals surface area contributed by atoms with Gasteiger partial charge in [-0.05, 0) is 18.6 Å². The molecule has 1 aliphatic heterocycles. The van der Waals surface area contributed by atoms with Crippen LogP contribution in [0, 0.1) is 6.92 Å². The van der Waals surface area contributed by atoms with E-state index in [-0.39, 0.29) is 12.4 Å². The van der Waals surface area contributed by atoms with Crippen LogP contribution in [0.15, 0.2) is 39.5 Å². The molecule has 0 saturated carbocycles. The largest absolute Gasteiger partial charge is 0.490 e. The molecule has 4 rings (SSSR count). The summed E-state index contributed by atoms with van der Waals surface area (Å²) in [5.74, 6) is 0.814. The lowest BCUT2D eigenvalue weighted by Gasteiger charge is -2.13. The molecule has 0 unspecified atom stereocenters. The fourth-order valence-corrected chi connectivity index (χ4v) is 3.46. The number of rotatable bonds is 4. The summed E-state index contributed by atoms with van der Waals surface area (Å²) in [6.45, 7) is 2.50. The van der Waals surface area contributed by atoms with Crippen LogP contribution in [0.4, 0.5) is 5.69 Å². The number of hydrogen-bond donors (Lipinski definition) is 1. The lowest BCUT2D eigenvalue weighted by molar-refractivity contribution is -0.118. The van der Waals surface area contributed by atoms with Crippen molar-refractivity contribution in [2.75, 3.05) is 25.1 Å². The summed E-state index contributed by atoms with van der Waals surface area (Å²) < 4.78 is 21.9. The zero-order valence-electron chi connectivity index (χ0n) is 15.9. The Bertz CT molecular complexity index is 1190. The molecule has 0 radical (unpaired) electrons. The summed E-state index contributed by atoms with van der Waals surface area (Å²) in [6, 6.07) is 7.71. The van der Waals surface area contributed by atoms with E-state index in [4.69, 9.17) is 41.8 Å². The maximum absolute atomic E-state index is 12.4. The van der Waals surface area contributed by atoms with Gasteiger partial charge in [-0.25, -0.2) is 4.79 Å². The Balaban J connectivity index is 1.48. The van der Waals surface area contributed by atoms with Crippen LogP contribution in [-0.4, -0.2) is 25.7 Å². The van der Waals surface area contributed by atoms with Gasteiger partial charge < -0.3 is 23.9 Å². The lowest BCUT2D eigenvalue weighted by atomic mass is 10.1. The van der Waals surface area contributed by atoms with E-state index in [1.807, 2.05) is 0 Å². The zero-order valence-corrected chi connectivity index (χ0v) is 17.4. The zero-order chi connectivity index (χ0) is 21.3. The predicted molar refractivity (Wildman–Crippen MR) is 113 cm³/mol. The van der Waals surface area contributed by atoms with Crippen LogP contribution < -0.4 is 25.2 Å². The number of nitrogens with one attached hydrogen (secondary N) is 1. The van der Waals surface area contributed by atoms with Crippen molar-refractivity contribution in [1.29, 1.82) is 0 Å². The van der Waals surface area contributed by atoms with Crippen molar-refractivity contribution >= 4 is 45.8 Å². The molecule has 1 aliphatic rings. The molecule has 1 amide bonds. The minimum absolute atomic E-state index is 0.220. The Morgan fingerprint density at radius 2 is 1.80 bits per heavy atom. The summed E-state index contributed by atoms with van der Waals surface area (Å²) in [6.07, 6.45) is 0.758. The minimum atomic E-state index is -0.477. The first-order valence-electron chi connectivity index (χ1n) is 9.16. The standard InChI is InChI=1S/C21H17Cl2NO6/c1-11-5-21(26)30-16-9-17(14(23)6-12(11)16)29-10-20(25)24-15-8-19-18(7-13(15)22)27-3-2-4-28-19/h5-9H,2-4,10H2,1H3,(H,24,25). The number of benzene rings is 2. The summed E-state index contributed by atoms with van der Waals surface area (Å²) in [5.41, 5.74) is 0.957. The number of anilines is 1. The average Bonchev–Trinajstić information content (AvgIpc) is 2.92. The molecule has 1 N–H and O–H groups in total. The number of hydrogen-bond acceptors (Lipinski definition) is 6. The third kappa shape index (κ3) is 4.32. The molecule has 0 saturated heterocycles. The number of ether oxygens (including phenoxy) is 3. The molecule has 30 heavy (non-hydrogen) atoms. The van der Waals surface area contributed by atoms with Gasteiger partial charge in [0, 0.05) is 36.1 Å². The Labute approximate surface area is 181 Å². The number of fused-ring (bicyclic) bond motifs is 2. The first-order chi connectivity index (χ1) is 14.4. The van der Waals surface area contributed by atoms with Gasteiger partial charge in [0.15, 0.2) is 18.1 Å². The van der Waals surface area contributed by atoms with Gasteiger partial charge in [-0.15, -0.1) is 0 Å². The highest BCUT2D eigenvalue weighted by Crippen LogP contribution is 2.37. The normalized spacial score (nSPS) is 13.0. The maximum atomic E-state index is 12.4. The Hall–Kier alpha value is -2.90. The van der Waals surface area contributed by atoms with Crippen molar-refractivity contribution in [1.82, 2.24) is 0 Å². The average molecular weight is 450 g/mol. The predicted octanol–water partition coefficient (Wildman–Crippen LogP) is 4.59. The van der Waals surface area contributed by atoms with E-state index < -0.39 is 11.5 Å². The van der Waals surface area contributed by atoms with Crippen molar-refractivity contribution in [3.63, 3.8) is 0 Å². The van der Waals surface area contributed by atoms with E-state index in [0.717, 1.165) is 12.0 Å². The molecule has 0 atom stereocenters. The summed E-state index contributed by atoms with van der Waals surface area (Å²) >= 11 is 12.5. The molecular formula is C21H17Cl2NO6. The fourth-order valence-electron chi connectivity index (χ4n) is 3.04. The molecule has 9 heteroatoms. The van der Waals surface area contributed by atoms with E-state index in [1.54, 1.807) is 25.1 Å². The van der Waals surface area contributed by atoms with Gasteiger partial charge in [-0.2, -0.15) is 0 Å². The minimum Gasteiger partial charge on any atom is -0.490 e. The quantitative estimate of drug-likeness (QED) is 0.586. The van der Waals surface area contributed by atoms with Gasteiger partial charge in [0.25, 0.3) is 5.91 Å². The van der Waals surface area contributed by atoms with Crippen molar-refractivity contribution < 1.29 is 23.4 Å². The first-order valence-corrected chi connectivity index (χ1v) is 9.92. The molecule has 0 spiro atoms. The SMILES string of the molecule is Cc1cc(=O)oc2cc(OCC(=O)Nc3cc4c(cc3Cl)OCCCO4)c(Cl)cc12. The van der Waals surface area contributed by atoms with E-state index in [2.05, 4.69) is 5.32 Å². The lowest BCUT2D eigenvalue weighted by Crippen LogP contribution is -2.20.